The van der Waals surface area contributed by atoms with E-state index in [2.05, 4.69) is 24.4 Å². The number of hydrogen-bond acceptors (Lipinski definition) is 3. The van der Waals surface area contributed by atoms with Gasteiger partial charge < -0.3 is 5.32 Å². The molecule has 0 aliphatic rings. The lowest BCUT2D eigenvalue weighted by molar-refractivity contribution is -0.121. The molecule has 0 aliphatic heterocycles. The van der Waals surface area contributed by atoms with Crippen molar-refractivity contribution in [1.82, 2.24) is 5.32 Å². The number of ketones is 1. The molecule has 0 radical (unpaired) electrons. The van der Waals surface area contributed by atoms with Crippen LogP contribution in [-0.2, 0) is 4.79 Å². The van der Waals surface area contributed by atoms with Gasteiger partial charge in [-0.1, -0.05) is 37.3 Å². The van der Waals surface area contributed by atoms with Gasteiger partial charge in [-0.2, -0.15) is 0 Å². The van der Waals surface area contributed by atoms with Gasteiger partial charge in [0, 0.05) is 30.2 Å². The summed E-state index contributed by atoms with van der Waals surface area (Å²) in [5.74, 6) is 0.310. The molecule has 4 heteroatoms. The fourth-order valence-electron chi connectivity index (χ4n) is 2.48. The Hall–Kier alpha value is -1.94. The van der Waals surface area contributed by atoms with Gasteiger partial charge in [-0.05, 0) is 31.0 Å². The molecule has 0 fully saturated rings. The van der Waals surface area contributed by atoms with Crippen molar-refractivity contribution in [3.63, 3.8) is 0 Å². The molecule has 0 spiro atoms. The van der Waals surface area contributed by atoms with Crippen LogP contribution in [0, 0.1) is 6.92 Å². The molecule has 0 aliphatic carbocycles. The minimum Gasteiger partial charge on any atom is -0.355 e. The largest absolute Gasteiger partial charge is 0.355 e. The summed E-state index contributed by atoms with van der Waals surface area (Å²) >= 11 is 1.49. The number of thiophene rings is 1. The second kappa shape index (κ2) is 8.63. The molecule has 1 N–H and O–H groups in total. The summed E-state index contributed by atoms with van der Waals surface area (Å²) in [4.78, 5) is 25.8. The van der Waals surface area contributed by atoms with Gasteiger partial charge in [0.05, 0.1) is 4.88 Å². The van der Waals surface area contributed by atoms with Gasteiger partial charge in [-0.25, -0.2) is 0 Å². The smallest absolute Gasteiger partial charge is 0.220 e. The third-order valence-electron chi connectivity index (χ3n) is 3.90. The summed E-state index contributed by atoms with van der Waals surface area (Å²) in [6.45, 7) is 4.71. The highest BCUT2D eigenvalue weighted by molar-refractivity contribution is 7.14. The topological polar surface area (TPSA) is 46.2 Å². The third-order valence-corrected chi connectivity index (χ3v) is 4.95. The number of carbonyl (C=O) groups is 2. The van der Waals surface area contributed by atoms with Crippen LogP contribution in [0.5, 0.6) is 0 Å². The van der Waals surface area contributed by atoms with Crippen LogP contribution >= 0.6 is 11.3 Å². The van der Waals surface area contributed by atoms with E-state index < -0.39 is 0 Å². The summed E-state index contributed by atoms with van der Waals surface area (Å²) < 4.78 is 0. The van der Waals surface area contributed by atoms with Crippen LogP contribution < -0.4 is 5.32 Å². The van der Waals surface area contributed by atoms with Crippen LogP contribution in [-0.4, -0.2) is 18.2 Å². The highest BCUT2D eigenvalue weighted by atomic mass is 32.1. The maximum atomic E-state index is 12.0. The van der Waals surface area contributed by atoms with Crippen LogP contribution in [0.1, 0.15) is 52.2 Å². The molecule has 2 aromatic rings. The molecule has 0 bridgehead atoms. The van der Waals surface area contributed by atoms with Crippen molar-refractivity contribution >= 4 is 23.0 Å². The molecule has 1 aromatic heterocycles. The maximum absolute atomic E-state index is 12.0. The van der Waals surface area contributed by atoms with E-state index in [0.29, 0.717) is 12.5 Å². The summed E-state index contributed by atoms with van der Waals surface area (Å²) in [6, 6.07) is 14.0. The predicted octanol–water partition coefficient (Wildman–Crippen LogP) is 4.33. The van der Waals surface area contributed by atoms with E-state index in [1.54, 1.807) is 0 Å². The highest BCUT2D eigenvalue weighted by Crippen LogP contribution is 2.19. The Kier molecular flexibility index (Phi) is 6.53. The van der Waals surface area contributed by atoms with E-state index in [1.165, 1.54) is 16.9 Å². The molecule has 3 nitrogen and oxygen atoms in total. The molecular formula is C19H23NO2S. The Morgan fingerprint density at radius 1 is 1.09 bits per heavy atom. The molecular weight excluding hydrogens is 306 g/mol. The van der Waals surface area contributed by atoms with Crippen LogP contribution in [0.3, 0.4) is 0 Å². The summed E-state index contributed by atoms with van der Waals surface area (Å²) in [6.07, 6.45) is 1.49. The van der Waals surface area contributed by atoms with Gasteiger partial charge in [0.15, 0.2) is 5.78 Å². The molecule has 0 saturated carbocycles. The van der Waals surface area contributed by atoms with Crippen molar-refractivity contribution in [1.29, 1.82) is 0 Å². The number of rotatable bonds is 8. The zero-order chi connectivity index (χ0) is 16.7. The number of carbonyl (C=O) groups excluding carboxylic acids is 2. The minimum absolute atomic E-state index is 0.0494. The van der Waals surface area contributed by atoms with Crippen LogP contribution in [0.4, 0.5) is 0 Å². The third kappa shape index (κ3) is 5.32. The molecule has 1 heterocycles. The SMILES string of the molecule is CCC(CNC(=O)CCC(=O)c1ccc(C)s1)c1ccccc1. The molecule has 2 rings (SSSR count). The standard InChI is InChI=1S/C19H23NO2S/c1-3-15(16-7-5-4-6-8-16)13-20-19(22)12-10-17(21)18-11-9-14(2)23-18/h4-9,11,15H,3,10,12-13H2,1-2H3,(H,20,22). The van der Waals surface area contributed by atoms with Crippen molar-refractivity contribution in [3.8, 4) is 0 Å². The fourth-order valence-corrected chi connectivity index (χ4v) is 3.32. The number of aryl methyl sites for hydroxylation is 1. The Morgan fingerprint density at radius 3 is 2.43 bits per heavy atom. The lowest BCUT2D eigenvalue weighted by Crippen LogP contribution is -2.28. The lowest BCUT2D eigenvalue weighted by Gasteiger charge is -2.16. The van der Waals surface area contributed by atoms with Crippen LogP contribution in [0.15, 0.2) is 42.5 Å². The first-order valence-electron chi connectivity index (χ1n) is 8.01. The first-order chi connectivity index (χ1) is 11.1. The van der Waals surface area contributed by atoms with Crippen molar-refractivity contribution in [2.24, 2.45) is 0 Å². The van der Waals surface area contributed by atoms with E-state index in [0.717, 1.165) is 16.2 Å². The summed E-state index contributed by atoms with van der Waals surface area (Å²) in [5.41, 5.74) is 1.24. The maximum Gasteiger partial charge on any atom is 0.220 e. The van der Waals surface area contributed by atoms with Gasteiger partial charge in [-0.3, -0.25) is 9.59 Å². The Labute approximate surface area is 141 Å². The predicted molar refractivity (Wildman–Crippen MR) is 95.1 cm³/mol. The van der Waals surface area contributed by atoms with Gasteiger partial charge in [0.2, 0.25) is 5.91 Å². The van der Waals surface area contributed by atoms with Gasteiger partial charge in [-0.15, -0.1) is 11.3 Å². The van der Waals surface area contributed by atoms with E-state index in [4.69, 9.17) is 0 Å². The fraction of sp³-hybridized carbons (Fsp3) is 0.368. The molecule has 23 heavy (non-hydrogen) atoms. The number of benzene rings is 1. The van der Waals surface area contributed by atoms with Crippen LogP contribution in [0.25, 0.3) is 0 Å². The lowest BCUT2D eigenvalue weighted by atomic mass is 9.96. The first kappa shape index (κ1) is 17.4. The number of amides is 1. The molecule has 0 saturated heterocycles. The number of nitrogens with one attached hydrogen (secondary N) is 1. The number of hydrogen-bond donors (Lipinski definition) is 1. The van der Waals surface area contributed by atoms with Gasteiger partial charge >= 0.3 is 0 Å². The quantitative estimate of drug-likeness (QED) is 0.733. The zero-order valence-electron chi connectivity index (χ0n) is 13.7. The zero-order valence-corrected chi connectivity index (χ0v) is 14.5. The van der Waals surface area contributed by atoms with Crippen molar-refractivity contribution in [2.45, 2.75) is 39.0 Å². The molecule has 1 aromatic carbocycles. The average molecular weight is 329 g/mol. The average Bonchev–Trinajstić information content (AvgIpc) is 3.01. The van der Waals surface area contributed by atoms with Gasteiger partial charge in [0.25, 0.3) is 0 Å². The Balaban J connectivity index is 1.77. The molecule has 1 unspecified atom stereocenters. The normalized spacial score (nSPS) is 11.9. The molecule has 1 atom stereocenters. The highest BCUT2D eigenvalue weighted by Gasteiger charge is 2.13. The van der Waals surface area contributed by atoms with E-state index >= 15 is 0 Å². The first-order valence-corrected chi connectivity index (χ1v) is 8.83. The Morgan fingerprint density at radius 2 is 1.83 bits per heavy atom. The molecule has 1 amide bonds. The number of Topliss-reactive ketones (excluding diaryl/α,β-unsaturated/α-hetero) is 1. The van der Waals surface area contributed by atoms with Gasteiger partial charge in [0.1, 0.15) is 0 Å². The van der Waals surface area contributed by atoms with Crippen molar-refractivity contribution in [3.05, 3.63) is 57.8 Å². The Bertz CT molecular complexity index is 648. The van der Waals surface area contributed by atoms with Crippen LogP contribution in [0.2, 0.25) is 0 Å². The monoisotopic (exact) mass is 329 g/mol. The van der Waals surface area contributed by atoms with Crippen molar-refractivity contribution in [2.75, 3.05) is 6.54 Å². The second-order valence-corrected chi connectivity index (χ2v) is 6.94. The summed E-state index contributed by atoms with van der Waals surface area (Å²) in [5, 5.41) is 2.96. The molecule has 122 valence electrons. The van der Waals surface area contributed by atoms with E-state index in [1.807, 2.05) is 37.3 Å². The minimum atomic E-state index is -0.0546. The summed E-state index contributed by atoms with van der Waals surface area (Å²) in [7, 11) is 0. The second-order valence-electron chi connectivity index (χ2n) is 5.65. The van der Waals surface area contributed by atoms with E-state index in [9.17, 15) is 9.59 Å². The van der Waals surface area contributed by atoms with Crippen molar-refractivity contribution < 1.29 is 9.59 Å². The van der Waals surface area contributed by atoms with E-state index in [-0.39, 0.29) is 24.5 Å².